The molecule has 1 atom stereocenters. The number of halogens is 5. The third kappa shape index (κ3) is 8.70. The Balaban J connectivity index is 0.000000132. The molecule has 1 N–H and O–H groups in total. The zero-order valence-electron chi connectivity index (χ0n) is 38.0. The third-order valence-corrected chi connectivity index (χ3v) is 16.2. The highest BCUT2D eigenvalue weighted by Gasteiger charge is 2.47. The molecule has 0 saturated carbocycles. The first-order valence-electron chi connectivity index (χ1n) is 23.0. The summed E-state index contributed by atoms with van der Waals surface area (Å²) in [6.45, 7) is 0. The van der Waals surface area contributed by atoms with E-state index in [1.54, 1.807) is 0 Å². The molecule has 2 aromatic heterocycles. The van der Waals surface area contributed by atoms with E-state index in [0.29, 0.717) is 28.2 Å². The fourth-order valence-corrected chi connectivity index (χ4v) is 12.3. The Morgan fingerprint density at radius 2 is 0.946 bits per heavy atom. The molecule has 0 amide bonds. The number of ketones is 1. The lowest BCUT2D eigenvalue weighted by molar-refractivity contribution is 0.104. The van der Waals surface area contributed by atoms with Crippen LogP contribution in [0.3, 0.4) is 0 Å². The van der Waals surface area contributed by atoms with Gasteiger partial charge >= 0.3 is 0 Å². The number of ether oxygens (including phenoxy) is 2. The SMILES string of the molecule is C.Ic1ccccc1Oc1ccccc1.O=C1c2cc(Br)ccc2-c2c1cc(Br)c1c2oc2ccccc21.OC1(c2ccccc2Oc2ccccc2)c2cc(Br)ccc2-c2c1cc(Br)c1c2oc2ccccc21. The first-order valence-corrected chi connectivity index (χ1v) is 27.3. The molecule has 6 nitrogen and oxygen atoms in total. The Labute approximate surface area is 473 Å². The van der Waals surface area contributed by atoms with Crippen molar-refractivity contribution in [2.75, 3.05) is 0 Å². The lowest BCUT2D eigenvalue weighted by Crippen LogP contribution is -2.27. The molecule has 10 aromatic carbocycles. The number of furan rings is 2. The molecule has 0 fully saturated rings. The fraction of sp³-hybridized carbons (Fsp3) is 0.0317. The number of rotatable bonds is 5. The van der Waals surface area contributed by atoms with Crippen molar-refractivity contribution in [2.24, 2.45) is 0 Å². The molecule has 14 rings (SSSR count). The van der Waals surface area contributed by atoms with Gasteiger partial charge in [-0.15, -0.1) is 0 Å². The van der Waals surface area contributed by atoms with E-state index in [-0.39, 0.29) is 13.2 Å². The predicted molar refractivity (Wildman–Crippen MR) is 320 cm³/mol. The van der Waals surface area contributed by atoms with Crippen LogP contribution >= 0.6 is 86.3 Å². The molecule has 2 heterocycles. The van der Waals surface area contributed by atoms with E-state index in [2.05, 4.69) is 92.4 Å². The number of carbonyl (C=O) groups excluding carboxylic acids is 1. The predicted octanol–water partition coefficient (Wildman–Crippen LogP) is 20.2. The van der Waals surface area contributed by atoms with E-state index < -0.39 is 5.60 Å². The van der Waals surface area contributed by atoms with Gasteiger partial charge < -0.3 is 23.4 Å². The quantitative estimate of drug-likeness (QED) is 0.173. The first-order chi connectivity index (χ1) is 35.6. The maximum Gasteiger partial charge on any atom is 0.194 e. The summed E-state index contributed by atoms with van der Waals surface area (Å²) >= 11 is 16.7. The monoisotopic (exact) mass is 1330 g/mol. The van der Waals surface area contributed by atoms with E-state index in [1.165, 1.54) is 0 Å². The first kappa shape index (κ1) is 49.9. The smallest absolute Gasteiger partial charge is 0.194 e. The summed E-state index contributed by atoms with van der Waals surface area (Å²) in [6.07, 6.45) is 0. The summed E-state index contributed by atoms with van der Waals surface area (Å²) in [7, 11) is 0. The van der Waals surface area contributed by atoms with Gasteiger partial charge in [-0.2, -0.15) is 0 Å². The minimum absolute atomic E-state index is 0. The van der Waals surface area contributed by atoms with Crippen LogP contribution in [0.5, 0.6) is 23.0 Å². The second-order valence-corrected chi connectivity index (χ2v) is 22.0. The van der Waals surface area contributed by atoms with Gasteiger partial charge in [0.1, 0.15) is 50.9 Å². The average Bonchev–Trinajstić information content (AvgIpc) is 4.14. The molecule has 0 saturated heterocycles. The van der Waals surface area contributed by atoms with E-state index in [9.17, 15) is 9.90 Å². The highest BCUT2D eigenvalue weighted by atomic mass is 127. The zero-order valence-corrected chi connectivity index (χ0v) is 46.5. The fourth-order valence-electron chi connectivity index (χ4n) is 9.85. The van der Waals surface area contributed by atoms with E-state index in [4.69, 9.17) is 18.3 Å². The summed E-state index contributed by atoms with van der Waals surface area (Å²) in [5.74, 6) is 3.11. The summed E-state index contributed by atoms with van der Waals surface area (Å²) in [6, 6.07) is 66.8. The number of para-hydroxylation sites is 6. The molecule has 2 aliphatic carbocycles. The van der Waals surface area contributed by atoms with Gasteiger partial charge in [0.25, 0.3) is 0 Å². The highest BCUT2D eigenvalue weighted by molar-refractivity contribution is 14.1. The Morgan fingerprint density at radius 1 is 0.446 bits per heavy atom. The average molecular weight is 1340 g/mol. The van der Waals surface area contributed by atoms with Gasteiger partial charge in [-0.05, 0) is 157 Å². The number of aliphatic hydroxyl groups is 1. The van der Waals surface area contributed by atoms with Gasteiger partial charge in [0.05, 0.1) is 3.57 Å². The van der Waals surface area contributed by atoms with Gasteiger partial charge in [-0.25, -0.2) is 0 Å². The number of fused-ring (bicyclic) bond motifs is 14. The lowest BCUT2D eigenvalue weighted by atomic mass is 9.83. The largest absolute Gasteiger partial charge is 0.457 e. The van der Waals surface area contributed by atoms with Crippen LogP contribution in [0.15, 0.2) is 233 Å². The molecule has 0 bridgehead atoms. The molecule has 11 heteroatoms. The van der Waals surface area contributed by atoms with Crippen molar-refractivity contribution in [3.05, 3.63) is 256 Å². The van der Waals surface area contributed by atoms with Gasteiger partial charge in [0.2, 0.25) is 0 Å². The number of benzene rings is 10. The van der Waals surface area contributed by atoms with Crippen LogP contribution < -0.4 is 9.47 Å². The number of hydrogen-bond donors (Lipinski definition) is 1. The van der Waals surface area contributed by atoms with Gasteiger partial charge in [0.15, 0.2) is 5.78 Å². The molecule has 0 aliphatic heterocycles. The van der Waals surface area contributed by atoms with Crippen molar-refractivity contribution < 1.29 is 28.2 Å². The minimum atomic E-state index is -1.46. The minimum Gasteiger partial charge on any atom is -0.457 e. The summed E-state index contributed by atoms with van der Waals surface area (Å²) < 4.78 is 29.2. The Bertz CT molecular complexity index is 4150. The van der Waals surface area contributed by atoms with Crippen molar-refractivity contribution in [3.63, 3.8) is 0 Å². The van der Waals surface area contributed by atoms with E-state index >= 15 is 0 Å². The molecule has 74 heavy (non-hydrogen) atoms. The molecule has 1 unspecified atom stereocenters. The van der Waals surface area contributed by atoms with Crippen LogP contribution in [0.2, 0.25) is 0 Å². The van der Waals surface area contributed by atoms with Crippen molar-refractivity contribution in [1.82, 2.24) is 0 Å². The van der Waals surface area contributed by atoms with E-state index in [0.717, 1.165) is 110 Å². The maximum absolute atomic E-state index is 12.8. The maximum atomic E-state index is 12.8. The second-order valence-electron chi connectivity index (χ2n) is 17.3. The molecule has 12 aromatic rings. The molecule has 2 aliphatic rings. The Hall–Kier alpha value is -6.32. The summed E-state index contributed by atoms with van der Waals surface area (Å²) in [5, 5.41) is 16.8. The van der Waals surface area contributed by atoms with Crippen molar-refractivity contribution in [3.8, 4) is 45.3 Å². The standard InChI is InChI=1S/C31H18Br2O3.C19H8Br2O2.C12H9IO.CH4/c32-18-14-15-20-23(16-18)31(34,22-11-5-7-13-27(22)35-19-8-2-1-3-9-19)24-17-25(33)29-21-10-4-6-12-26(21)36-30(29)28(20)24;20-9-5-6-10-12(7-9)18(22)13-8-14(21)17-11-3-1-2-4-15(11)23-19(17)16(10)13;13-11-8-4-5-9-12(11)14-10-6-2-1-3-7-10;/h1-17,34H;1-8H;1-9H;1H4. The van der Waals surface area contributed by atoms with Crippen molar-refractivity contribution in [1.29, 1.82) is 0 Å². The van der Waals surface area contributed by atoms with E-state index in [1.807, 2.05) is 200 Å². The summed E-state index contributed by atoms with van der Waals surface area (Å²) in [4.78, 5) is 12.8. The molecular weight excluding hydrogens is 1300 g/mol. The number of carbonyl (C=O) groups is 1. The van der Waals surface area contributed by atoms with Crippen LogP contribution in [-0.4, -0.2) is 10.9 Å². The molecule has 0 spiro atoms. The van der Waals surface area contributed by atoms with Crippen molar-refractivity contribution in [2.45, 2.75) is 13.0 Å². The lowest BCUT2D eigenvalue weighted by Gasteiger charge is -2.28. The van der Waals surface area contributed by atoms with Crippen LogP contribution in [-0.2, 0) is 5.60 Å². The van der Waals surface area contributed by atoms with Crippen LogP contribution in [0, 0.1) is 3.57 Å². The van der Waals surface area contributed by atoms with Crippen LogP contribution in [0.4, 0.5) is 0 Å². The highest BCUT2D eigenvalue weighted by Crippen LogP contribution is 2.58. The third-order valence-electron chi connectivity index (χ3n) is 13.0. The van der Waals surface area contributed by atoms with Gasteiger partial charge in [-0.3, -0.25) is 4.79 Å². The van der Waals surface area contributed by atoms with Crippen LogP contribution in [0.1, 0.15) is 40.0 Å². The Morgan fingerprint density at radius 3 is 1.58 bits per heavy atom. The zero-order chi connectivity index (χ0) is 50.0. The topological polar surface area (TPSA) is 82.0 Å². The van der Waals surface area contributed by atoms with Gasteiger partial charge in [0, 0.05) is 78.4 Å². The molecule has 362 valence electrons. The number of hydrogen-bond acceptors (Lipinski definition) is 6. The molecule has 0 radical (unpaired) electrons. The second kappa shape index (κ2) is 20.4. The molecular formula is C63H39Br4IO6. The normalized spacial score (nSPS) is 13.8. The van der Waals surface area contributed by atoms with Crippen LogP contribution in [0.25, 0.3) is 66.1 Å². The van der Waals surface area contributed by atoms with Gasteiger partial charge in [-0.1, -0.05) is 155 Å². The van der Waals surface area contributed by atoms with Crippen molar-refractivity contribution >= 4 is 136 Å². The summed E-state index contributed by atoms with van der Waals surface area (Å²) in [5.41, 5.74) is 8.94. The Kier molecular flexibility index (Phi) is 13.8.